The van der Waals surface area contributed by atoms with Gasteiger partial charge in [0, 0.05) is 17.8 Å². The zero-order valence-electron chi connectivity index (χ0n) is 15.5. The summed E-state index contributed by atoms with van der Waals surface area (Å²) in [6.45, 7) is 6.83. The summed E-state index contributed by atoms with van der Waals surface area (Å²) in [5.41, 5.74) is 2.42. The lowest BCUT2D eigenvalue weighted by Crippen LogP contribution is -2.24. The fourth-order valence-corrected chi connectivity index (χ4v) is 2.34. The summed E-state index contributed by atoms with van der Waals surface area (Å²) in [5.74, 6) is 0.755. The molecule has 0 heterocycles. The average molecular weight is 354 g/mol. The second-order valence-corrected chi connectivity index (χ2v) is 6.39. The third kappa shape index (κ3) is 5.92. The van der Waals surface area contributed by atoms with Crippen molar-refractivity contribution >= 4 is 17.5 Å². The first-order valence-electron chi connectivity index (χ1n) is 8.90. The van der Waals surface area contributed by atoms with Crippen molar-refractivity contribution < 1.29 is 14.3 Å². The molecule has 0 atom stereocenters. The molecule has 0 aromatic heterocycles. The van der Waals surface area contributed by atoms with E-state index in [1.54, 1.807) is 24.3 Å². The number of ether oxygens (including phenoxy) is 1. The highest BCUT2D eigenvalue weighted by molar-refractivity contribution is 5.96. The van der Waals surface area contributed by atoms with Crippen LogP contribution in [0.1, 0.15) is 49.0 Å². The molecule has 0 aliphatic rings. The lowest BCUT2D eigenvalue weighted by molar-refractivity contribution is -0.118. The minimum Gasteiger partial charge on any atom is -0.484 e. The van der Waals surface area contributed by atoms with Gasteiger partial charge in [0.2, 0.25) is 0 Å². The van der Waals surface area contributed by atoms with Crippen LogP contribution in [0.15, 0.2) is 48.5 Å². The molecule has 0 saturated heterocycles. The maximum atomic E-state index is 12.0. The first-order chi connectivity index (χ1) is 12.5. The van der Waals surface area contributed by atoms with Gasteiger partial charge in [-0.05, 0) is 54.3 Å². The van der Waals surface area contributed by atoms with Crippen LogP contribution in [0.4, 0.5) is 5.69 Å². The predicted molar refractivity (Wildman–Crippen MR) is 104 cm³/mol. The second-order valence-electron chi connectivity index (χ2n) is 6.39. The van der Waals surface area contributed by atoms with Crippen LogP contribution in [0.3, 0.4) is 0 Å². The molecule has 0 bridgehead atoms. The van der Waals surface area contributed by atoms with E-state index in [9.17, 15) is 9.59 Å². The van der Waals surface area contributed by atoms with Crippen molar-refractivity contribution in [1.29, 1.82) is 0 Å². The summed E-state index contributed by atoms with van der Waals surface area (Å²) in [5, 5.41) is 5.57. The highest BCUT2D eigenvalue weighted by Crippen LogP contribution is 2.18. The SMILES string of the molecule is CCCNC(=O)c1ccc(NC(=O)COc2ccc(C(C)C)cc2)cc1. The molecule has 5 nitrogen and oxygen atoms in total. The molecule has 26 heavy (non-hydrogen) atoms. The summed E-state index contributed by atoms with van der Waals surface area (Å²) < 4.78 is 5.50. The van der Waals surface area contributed by atoms with Gasteiger partial charge in [-0.15, -0.1) is 0 Å². The van der Waals surface area contributed by atoms with E-state index in [1.165, 1.54) is 5.56 Å². The number of carbonyl (C=O) groups excluding carboxylic acids is 2. The van der Waals surface area contributed by atoms with Gasteiger partial charge in [-0.25, -0.2) is 0 Å². The molecule has 5 heteroatoms. The van der Waals surface area contributed by atoms with Crippen LogP contribution in [-0.2, 0) is 4.79 Å². The molecule has 2 aromatic carbocycles. The number of hydrogen-bond donors (Lipinski definition) is 2. The van der Waals surface area contributed by atoms with E-state index in [4.69, 9.17) is 4.74 Å². The molecule has 0 unspecified atom stereocenters. The molecule has 138 valence electrons. The molecule has 2 aromatic rings. The van der Waals surface area contributed by atoms with Gasteiger partial charge in [0.05, 0.1) is 0 Å². The van der Waals surface area contributed by atoms with Crippen LogP contribution in [0.2, 0.25) is 0 Å². The molecule has 0 spiro atoms. The van der Waals surface area contributed by atoms with Crippen LogP contribution in [0, 0.1) is 0 Å². The lowest BCUT2D eigenvalue weighted by atomic mass is 10.0. The topological polar surface area (TPSA) is 67.4 Å². The predicted octanol–water partition coefficient (Wildman–Crippen LogP) is 3.97. The molecule has 0 saturated carbocycles. The Hall–Kier alpha value is -2.82. The zero-order valence-corrected chi connectivity index (χ0v) is 15.5. The molecular formula is C21H26N2O3. The normalized spacial score (nSPS) is 10.5. The second kappa shape index (κ2) is 9.61. The molecule has 2 amide bonds. The number of hydrogen-bond acceptors (Lipinski definition) is 3. The summed E-state index contributed by atoms with van der Waals surface area (Å²) >= 11 is 0. The van der Waals surface area contributed by atoms with E-state index >= 15 is 0 Å². The van der Waals surface area contributed by atoms with Gasteiger partial charge in [0.1, 0.15) is 5.75 Å². The van der Waals surface area contributed by atoms with Gasteiger partial charge in [-0.2, -0.15) is 0 Å². The van der Waals surface area contributed by atoms with Crippen molar-refractivity contribution in [2.75, 3.05) is 18.5 Å². The highest BCUT2D eigenvalue weighted by Gasteiger charge is 2.07. The van der Waals surface area contributed by atoms with Crippen LogP contribution in [0.5, 0.6) is 5.75 Å². The molecule has 2 rings (SSSR count). The Morgan fingerprint density at radius 2 is 1.65 bits per heavy atom. The van der Waals surface area contributed by atoms with E-state index in [2.05, 4.69) is 24.5 Å². The van der Waals surface area contributed by atoms with Crippen molar-refractivity contribution in [3.8, 4) is 5.75 Å². The maximum Gasteiger partial charge on any atom is 0.262 e. The summed E-state index contributed by atoms with van der Waals surface area (Å²) in [6.07, 6.45) is 0.889. The number of anilines is 1. The molecule has 2 N–H and O–H groups in total. The molecule has 0 aliphatic heterocycles. The van der Waals surface area contributed by atoms with E-state index in [-0.39, 0.29) is 18.4 Å². The molecular weight excluding hydrogens is 328 g/mol. The van der Waals surface area contributed by atoms with Crippen LogP contribution < -0.4 is 15.4 Å². The molecule has 0 aliphatic carbocycles. The monoisotopic (exact) mass is 354 g/mol. The lowest BCUT2D eigenvalue weighted by Gasteiger charge is -2.10. The van der Waals surface area contributed by atoms with Crippen LogP contribution >= 0.6 is 0 Å². The van der Waals surface area contributed by atoms with E-state index in [0.29, 0.717) is 29.5 Å². The first-order valence-corrected chi connectivity index (χ1v) is 8.90. The van der Waals surface area contributed by atoms with Gasteiger partial charge in [-0.1, -0.05) is 32.9 Å². The maximum absolute atomic E-state index is 12.0. The number of rotatable bonds is 8. The van der Waals surface area contributed by atoms with Crippen LogP contribution in [-0.4, -0.2) is 25.0 Å². The van der Waals surface area contributed by atoms with Crippen molar-refractivity contribution in [3.05, 3.63) is 59.7 Å². The Balaban J connectivity index is 1.82. The largest absolute Gasteiger partial charge is 0.484 e. The van der Waals surface area contributed by atoms with E-state index in [0.717, 1.165) is 6.42 Å². The molecule has 0 radical (unpaired) electrons. The first kappa shape index (κ1) is 19.5. The average Bonchev–Trinajstić information content (AvgIpc) is 2.65. The quantitative estimate of drug-likeness (QED) is 0.754. The van der Waals surface area contributed by atoms with Gasteiger partial charge in [0.15, 0.2) is 6.61 Å². The summed E-state index contributed by atoms with van der Waals surface area (Å²) in [7, 11) is 0. The van der Waals surface area contributed by atoms with Gasteiger partial charge in [0.25, 0.3) is 11.8 Å². The number of nitrogens with one attached hydrogen (secondary N) is 2. The minimum atomic E-state index is -0.249. The van der Waals surface area contributed by atoms with E-state index < -0.39 is 0 Å². The van der Waals surface area contributed by atoms with Crippen molar-refractivity contribution in [3.63, 3.8) is 0 Å². The van der Waals surface area contributed by atoms with Crippen molar-refractivity contribution in [2.24, 2.45) is 0 Å². The summed E-state index contributed by atoms with van der Waals surface area (Å²) in [6, 6.07) is 14.5. The van der Waals surface area contributed by atoms with E-state index in [1.807, 2.05) is 31.2 Å². The fourth-order valence-electron chi connectivity index (χ4n) is 2.34. The van der Waals surface area contributed by atoms with Crippen molar-refractivity contribution in [2.45, 2.75) is 33.1 Å². The smallest absolute Gasteiger partial charge is 0.262 e. The summed E-state index contributed by atoms with van der Waals surface area (Å²) in [4.78, 5) is 23.8. The Bertz CT molecular complexity index is 722. The van der Waals surface area contributed by atoms with Gasteiger partial charge < -0.3 is 15.4 Å². The Kier molecular flexibility index (Phi) is 7.21. The number of carbonyl (C=O) groups is 2. The highest BCUT2D eigenvalue weighted by atomic mass is 16.5. The third-order valence-corrected chi connectivity index (χ3v) is 3.88. The molecule has 0 fully saturated rings. The van der Waals surface area contributed by atoms with Crippen molar-refractivity contribution in [1.82, 2.24) is 5.32 Å². The Morgan fingerprint density at radius 1 is 1.00 bits per heavy atom. The minimum absolute atomic E-state index is 0.0697. The number of amides is 2. The van der Waals surface area contributed by atoms with Gasteiger partial charge in [-0.3, -0.25) is 9.59 Å². The third-order valence-electron chi connectivity index (χ3n) is 3.88. The number of benzene rings is 2. The standard InChI is InChI=1S/C21H26N2O3/c1-4-13-22-21(25)17-5-9-18(10-6-17)23-20(24)14-26-19-11-7-16(8-12-19)15(2)3/h5-12,15H,4,13-14H2,1-3H3,(H,22,25)(H,23,24). The van der Waals surface area contributed by atoms with Gasteiger partial charge >= 0.3 is 0 Å². The Morgan fingerprint density at radius 3 is 2.23 bits per heavy atom. The Labute approximate surface area is 154 Å². The zero-order chi connectivity index (χ0) is 18.9. The fraction of sp³-hybridized carbons (Fsp3) is 0.333. The van der Waals surface area contributed by atoms with Crippen LogP contribution in [0.25, 0.3) is 0 Å².